The lowest BCUT2D eigenvalue weighted by Crippen LogP contribution is -2.47. The number of aryl methyl sites for hydroxylation is 1. The van der Waals surface area contributed by atoms with Crippen molar-refractivity contribution in [2.45, 2.75) is 51.1 Å². The van der Waals surface area contributed by atoms with Crippen molar-refractivity contribution in [1.82, 2.24) is 5.32 Å². The van der Waals surface area contributed by atoms with E-state index in [0.29, 0.717) is 11.3 Å². The van der Waals surface area contributed by atoms with Crippen LogP contribution in [0.2, 0.25) is 0 Å². The molecule has 0 heterocycles. The fraction of sp³-hybridized carbons (Fsp3) is 0.464. The van der Waals surface area contributed by atoms with Crippen LogP contribution in [0.5, 0.6) is 5.75 Å². The van der Waals surface area contributed by atoms with E-state index in [9.17, 15) is 22.8 Å². The van der Waals surface area contributed by atoms with Gasteiger partial charge in [-0.05, 0) is 48.2 Å². The van der Waals surface area contributed by atoms with Gasteiger partial charge in [0.25, 0.3) is 10.1 Å². The first kappa shape index (κ1) is 34.1. The molecule has 2 aromatic carbocycles. The topological polar surface area (TPSA) is 183 Å². The highest BCUT2D eigenvalue weighted by atomic mass is 32.2. The van der Waals surface area contributed by atoms with E-state index in [1.807, 2.05) is 6.92 Å². The van der Waals surface area contributed by atoms with E-state index in [1.165, 1.54) is 26.2 Å². The Bertz CT molecular complexity index is 1360. The van der Waals surface area contributed by atoms with Crippen LogP contribution in [0.25, 0.3) is 10.4 Å². The van der Waals surface area contributed by atoms with E-state index >= 15 is 0 Å². The molecule has 3 atom stereocenters. The predicted molar refractivity (Wildman–Crippen MR) is 152 cm³/mol. The van der Waals surface area contributed by atoms with Gasteiger partial charge < -0.3 is 19.5 Å². The van der Waals surface area contributed by atoms with Gasteiger partial charge in [-0.1, -0.05) is 48.8 Å². The smallest absolute Gasteiger partial charge is 0.328 e. The second-order valence-electron chi connectivity index (χ2n) is 9.86. The highest BCUT2D eigenvalue weighted by molar-refractivity contribution is 7.86. The zero-order valence-electron chi connectivity index (χ0n) is 24.2. The van der Waals surface area contributed by atoms with Gasteiger partial charge in [0, 0.05) is 18.3 Å². The molecule has 0 saturated heterocycles. The fourth-order valence-electron chi connectivity index (χ4n) is 3.65. The van der Waals surface area contributed by atoms with Crippen molar-refractivity contribution in [1.29, 1.82) is 0 Å². The summed E-state index contributed by atoms with van der Waals surface area (Å²) in [6.07, 6.45) is 0.0968. The first-order chi connectivity index (χ1) is 19.9. The van der Waals surface area contributed by atoms with Crippen LogP contribution in [0, 0.1) is 18.8 Å². The first-order valence-corrected chi connectivity index (χ1v) is 14.5. The minimum absolute atomic E-state index is 0.00908. The number of ether oxygens (including phenoxy) is 3. The maximum absolute atomic E-state index is 12.6. The summed E-state index contributed by atoms with van der Waals surface area (Å²) in [4.78, 5) is 39.0. The number of rotatable bonds is 16. The van der Waals surface area contributed by atoms with Crippen LogP contribution < -0.4 is 10.1 Å². The molecular formula is C28H36N4O9S. The molecule has 42 heavy (non-hydrogen) atoms. The summed E-state index contributed by atoms with van der Waals surface area (Å²) in [5.41, 5.74) is 10.3. The third-order valence-electron chi connectivity index (χ3n) is 6.02. The second-order valence-corrected chi connectivity index (χ2v) is 11.5. The quantitative estimate of drug-likeness (QED) is 0.0985. The molecule has 2 aromatic rings. The Morgan fingerprint density at radius 2 is 1.64 bits per heavy atom. The van der Waals surface area contributed by atoms with Crippen molar-refractivity contribution in [2.24, 2.45) is 17.0 Å². The van der Waals surface area contributed by atoms with Crippen LogP contribution in [0.3, 0.4) is 0 Å². The summed E-state index contributed by atoms with van der Waals surface area (Å²) in [6, 6.07) is 10.8. The number of hydrogen-bond donors (Lipinski definition) is 1. The summed E-state index contributed by atoms with van der Waals surface area (Å²) < 4.78 is 46.0. The summed E-state index contributed by atoms with van der Waals surface area (Å²) in [6.45, 7) is 6.09. The Morgan fingerprint density at radius 3 is 2.19 bits per heavy atom. The lowest BCUT2D eigenvalue weighted by atomic mass is 10.0. The third-order valence-corrected chi connectivity index (χ3v) is 7.31. The number of carbonyl (C=O) groups is 3. The SMILES string of the molecule is COC(=O)[C@H](Cc1ccc(OCC(COC(C)=O)COS(=O)(=O)c2ccc(C)cc2)cc1)NC(=O)[C@@H](N=[N+]=[N-])C(C)C. The van der Waals surface area contributed by atoms with Crippen molar-refractivity contribution in [3.05, 3.63) is 70.1 Å². The Kier molecular flexibility index (Phi) is 13.3. The molecule has 0 fully saturated rings. The summed E-state index contributed by atoms with van der Waals surface area (Å²) in [5.74, 6) is -2.25. The van der Waals surface area contributed by atoms with Gasteiger partial charge in [0.05, 0.1) is 37.7 Å². The minimum Gasteiger partial charge on any atom is -0.493 e. The number of nitrogens with one attached hydrogen (secondary N) is 1. The van der Waals surface area contributed by atoms with E-state index in [2.05, 4.69) is 15.3 Å². The van der Waals surface area contributed by atoms with Gasteiger partial charge in [0.2, 0.25) is 5.91 Å². The number of nitrogens with zero attached hydrogens (tertiary/aromatic N) is 3. The average Bonchev–Trinajstić information content (AvgIpc) is 2.95. The molecule has 0 aliphatic carbocycles. The Morgan fingerprint density at radius 1 is 1.00 bits per heavy atom. The largest absolute Gasteiger partial charge is 0.493 e. The number of benzene rings is 2. The summed E-state index contributed by atoms with van der Waals surface area (Å²) >= 11 is 0. The van der Waals surface area contributed by atoms with Gasteiger partial charge in [0.15, 0.2) is 0 Å². The van der Waals surface area contributed by atoms with Crippen LogP contribution in [-0.4, -0.2) is 65.3 Å². The Hall–Kier alpha value is -4.13. The Labute approximate surface area is 245 Å². The molecular weight excluding hydrogens is 568 g/mol. The van der Waals surface area contributed by atoms with E-state index in [0.717, 1.165) is 5.56 Å². The van der Waals surface area contributed by atoms with Crippen molar-refractivity contribution in [3.8, 4) is 5.75 Å². The van der Waals surface area contributed by atoms with Gasteiger partial charge in [-0.2, -0.15) is 8.42 Å². The number of esters is 2. The number of hydrogen-bond acceptors (Lipinski definition) is 10. The van der Waals surface area contributed by atoms with Crippen LogP contribution >= 0.6 is 0 Å². The van der Waals surface area contributed by atoms with E-state index in [-0.39, 0.29) is 37.1 Å². The molecule has 0 aromatic heterocycles. The standard InChI is InChI=1S/C28H36N4O9S/c1-18(2)26(31-32-29)27(34)30-25(28(35)38-5)14-21-8-10-23(11-9-21)40-16-22(15-39-20(4)33)17-41-42(36,37)24-12-6-19(3)7-13-24/h6-13,18,22,25-26H,14-17H2,1-5H3,(H,30,34)/t22?,25-,26-/m0/s1. The third kappa shape index (κ3) is 11.0. The van der Waals surface area contributed by atoms with Crippen LogP contribution in [0.15, 0.2) is 58.5 Å². The molecule has 0 spiro atoms. The molecule has 0 aliphatic heterocycles. The van der Waals surface area contributed by atoms with E-state index in [4.69, 9.17) is 23.9 Å². The maximum atomic E-state index is 12.6. The Balaban J connectivity index is 2.05. The van der Waals surface area contributed by atoms with Gasteiger partial charge in [-0.25, -0.2) is 4.79 Å². The first-order valence-electron chi connectivity index (χ1n) is 13.1. The molecule has 0 bridgehead atoms. The lowest BCUT2D eigenvalue weighted by molar-refractivity contribution is -0.145. The fourth-order valence-corrected chi connectivity index (χ4v) is 4.62. The number of amides is 1. The van der Waals surface area contributed by atoms with Gasteiger partial charge in [0.1, 0.15) is 17.8 Å². The molecule has 0 saturated carbocycles. The monoisotopic (exact) mass is 604 g/mol. The highest BCUT2D eigenvalue weighted by Gasteiger charge is 2.28. The van der Waals surface area contributed by atoms with Crippen molar-refractivity contribution in [3.63, 3.8) is 0 Å². The molecule has 0 radical (unpaired) electrons. The number of azide groups is 1. The van der Waals surface area contributed by atoms with Crippen LogP contribution in [0.1, 0.15) is 31.9 Å². The lowest BCUT2D eigenvalue weighted by Gasteiger charge is -2.21. The molecule has 228 valence electrons. The molecule has 13 nitrogen and oxygen atoms in total. The molecule has 1 amide bonds. The number of methoxy groups -OCH3 is 1. The van der Waals surface area contributed by atoms with Gasteiger partial charge >= 0.3 is 11.9 Å². The van der Waals surface area contributed by atoms with Crippen molar-refractivity contribution in [2.75, 3.05) is 26.9 Å². The highest BCUT2D eigenvalue weighted by Crippen LogP contribution is 2.18. The average molecular weight is 605 g/mol. The predicted octanol–water partition coefficient (Wildman–Crippen LogP) is 3.49. The van der Waals surface area contributed by atoms with Crippen molar-refractivity contribution < 1.29 is 41.2 Å². The minimum atomic E-state index is -4.03. The zero-order valence-corrected chi connectivity index (χ0v) is 25.0. The van der Waals surface area contributed by atoms with E-state index in [1.54, 1.807) is 50.2 Å². The van der Waals surface area contributed by atoms with Gasteiger partial charge in [-0.15, -0.1) is 0 Å². The van der Waals surface area contributed by atoms with E-state index < -0.39 is 46.0 Å². The summed E-state index contributed by atoms with van der Waals surface area (Å²) in [5, 5.41) is 6.10. The molecule has 2 rings (SSSR count). The van der Waals surface area contributed by atoms with Gasteiger partial charge in [-0.3, -0.25) is 13.8 Å². The second kappa shape index (κ2) is 16.3. The van der Waals surface area contributed by atoms with Crippen LogP contribution in [0.4, 0.5) is 0 Å². The normalized spacial score (nSPS) is 13.3. The summed E-state index contributed by atoms with van der Waals surface area (Å²) in [7, 11) is -2.83. The molecule has 1 unspecified atom stereocenters. The molecule has 0 aliphatic rings. The maximum Gasteiger partial charge on any atom is 0.328 e. The molecule has 14 heteroatoms. The molecule has 1 N–H and O–H groups in total. The van der Waals surface area contributed by atoms with Crippen molar-refractivity contribution >= 4 is 28.0 Å². The van der Waals surface area contributed by atoms with Crippen LogP contribution in [-0.2, 0) is 44.6 Å². The number of carbonyl (C=O) groups excluding carboxylic acids is 3. The zero-order chi connectivity index (χ0) is 31.3.